The fourth-order valence-electron chi connectivity index (χ4n) is 0.298. The van der Waals surface area contributed by atoms with Crippen LogP contribution in [0.4, 0.5) is 0 Å². The molecule has 0 aromatic heterocycles. The summed E-state index contributed by atoms with van der Waals surface area (Å²) in [6.45, 7) is 6.34. The van der Waals surface area contributed by atoms with Crippen molar-refractivity contribution in [1.29, 1.82) is 0 Å². The van der Waals surface area contributed by atoms with Crippen LogP contribution >= 0.6 is 0 Å². The first-order valence-electron chi connectivity index (χ1n) is 2.70. The quantitative estimate of drug-likeness (QED) is 0.417. The smallest absolute Gasteiger partial charge is 0.0156 e. The molecular formula is C8H12. The molecule has 0 aliphatic carbocycles. The summed E-state index contributed by atoms with van der Waals surface area (Å²) < 4.78 is 0. The Balaban J connectivity index is 3.75. The molecule has 0 saturated heterocycles. The molecule has 0 aromatic carbocycles. The van der Waals surface area contributed by atoms with Gasteiger partial charge in [-0.2, -0.15) is 0 Å². The highest BCUT2D eigenvalue weighted by Gasteiger charge is 2.01. The van der Waals surface area contributed by atoms with Crippen molar-refractivity contribution in [3.8, 4) is 12.3 Å². The van der Waals surface area contributed by atoms with E-state index in [0.717, 1.165) is 0 Å². The van der Waals surface area contributed by atoms with Gasteiger partial charge in [-0.1, -0.05) is 32.8 Å². The second-order valence-corrected chi connectivity index (χ2v) is 2.87. The van der Waals surface area contributed by atoms with E-state index in [1.54, 1.807) is 6.08 Å². The molecule has 0 radical (unpaired) electrons. The Hall–Kier alpha value is -0.700. The van der Waals surface area contributed by atoms with Gasteiger partial charge in [-0.05, 0) is 11.5 Å². The molecule has 0 saturated carbocycles. The van der Waals surface area contributed by atoms with Crippen molar-refractivity contribution in [1.82, 2.24) is 0 Å². The summed E-state index contributed by atoms with van der Waals surface area (Å²) in [7, 11) is 0. The van der Waals surface area contributed by atoms with E-state index in [4.69, 9.17) is 6.42 Å². The van der Waals surface area contributed by atoms with E-state index in [1.165, 1.54) is 0 Å². The van der Waals surface area contributed by atoms with Gasteiger partial charge in [-0.25, -0.2) is 0 Å². The van der Waals surface area contributed by atoms with Crippen molar-refractivity contribution in [2.75, 3.05) is 0 Å². The Morgan fingerprint density at radius 2 is 1.88 bits per heavy atom. The maximum Gasteiger partial charge on any atom is -0.0156 e. The number of hydrogen-bond acceptors (Lipinski definition) is 0. The highest BCUT2D eigenvalue weighted by molar-refractivity contribution is 5.11. The molecule has 8 heavy (non-hydrogen) atoms. The molecular weight excluding hydrogens is 96.1 g/mol. The highest BCUT2D eigenvalue weighted by Crippen LogP contribution is 2.13. The third-order valence-electron chi connectivity index (χ3n) is 0.680. The lowest BCUT2D eigenvalue weighted by molar-refractivity contribution is 0.544. The molecule has 0 N–H and O–H groups in total. The number of hydrogen-bond donors (Lipinski definition) is 0. The molecule has 0 atom stereocenters. The van der Waals surface area contributed by atoms with Gasteiger partial charge >= 0.3 is 0 Å². The molecule has 0 rings (SSSR count). The number of rotatable bonds is 0. The number of terminal acetylenes is 1. The van der Waals surface area contributed by atoms with E-state index >= 15 is 0 Å². The maximum absolute atomic E-state index is 5.00. The van der Waals surface area contributed by atoms with Crippen LogP contribution < -0.4 is 0 Å². The normalized spacial score (nSPS) is 11.8. The average molecular weight is 108 g/mol. The molecule has 0 aliphatic rings. The lowest BCUT2D eigenvalue weighted by Crippen LogP contribution is -1.97. The molecule has 0 bridgehead atoms. The molecule has 0 fully saturated rings. The van der Waals surface area contributed by atoms with Gasteiger partial charge < -0.3 is 0 Å². The van der Waals surface area contributed by atoms with Crippen molar-refractivity contribution >= 4 is 0 Å². The zero-order chi connectivity index (χ0) is 6.62. The summed E-state index contributed by atoms with van der Waals surface area (Å²) in [4.78, 5) is 0. The summed E-state index contributed by atoms with van der Waals surface area (Å²) in [5, 5.41) is 0. The predicted octanol–water partition coefficient (Wildman–Crippen LogP) is 2.22. The van der Waals surface area contributed by atoms with Crippen LogP contribution in [0.15, 0.2) is 12.2 Å². The van der Waals surface area contributed by atoms with Crippen LogP contribution in [-0.2, 0) is 0 Å². The Morgan fingerprint density at radius 3 is 2.00 bits per heavy atom. The molecule has 44 valence electrons. The monoisotopic (exact) mass is 108 g/mol. The van der Waals surface area contributed by atoms with Crippen LogP contribution in [0, 0.1) is 17.8 Å². The zero-order valence-corrected chi connectivity index (χ0v) is 5.73. The Kier molecular flexibility index (Phi) is 2.34. The fraction of sp³-hybridized carbons (Fsp3) is 0.500. The molecule has 0 nitrogen and oxygen atoms in total. The highest BCUT2D eigenvalue weighted by atomic mass is 14.1. The molecule has 0 heteroatoms. The van der Waals surface area contributed by atoms with Gasteiger partial charge in [-0.3, -0.25) is 0 Å². The molecule has 0 aliphatic heterocycles. The van der Waals surface area contributed by atoms with Crippen molar-refractivity contribution in [3.05, 3.63) is 12.2 Å². The summed E-state index contributed by atoms with van der Waals surface area (Å²) in [5.41, 5.74) is 0.229. The van der Waals surface area contributed by atoms with Gasteiger partial charge in [0, 0.05) is 0 Å². The van der Waals surface area contributed by atoms with Crippen molar-refractivity contribution < 1.29 is 0 Å². The fourth-order valence-corrected chi connectivity index (χ4v) is 0.298. The summed E-state index contributed by atoms with van der Waals surface area (Å²) in [6, 6.07) is 0. The van der Waals surface area contributed by atoms with Gasteiger partial charge in [0.2, 0.25) is 0 Å². The Bertz CT molecular complexity index is 116. The molecule has 0 heterocycles. The lowest BCUT2D eigenvalue weighted by Gasteiger charge is -2.09. The minimum Gasteiger partial charge on any atom is -0.115 e. The van der Waals surface area contributed by atoms with Gasteiger partial charge in [0.25, 0.3) is 0 Å². The third kappa shape index (κ3) is 5.30. The Labute approximate surface area is 51.6 Å². The summed E-state index contributed by atoms with van der Waals surface area (Å²) in [6.07, 6.45) is 8.74. The average Bonchev–Trinajstić information content (AvgIpc) is 1.59. The minimum atomic E-state index is 0.229. The van der Waals surface area contributed by atoms with Crippen LogP contribution in [0.1, 0.15) is 20.8 Å². The van der Waals surface area contributed by atoms with Crippen LogP contribution in [0.3, 0.4) is 0 Å². The zero-order valence-electron chi connectivity index (χ0n) is 5.73. The van der Waals surface area contributed by atoms with Gasteiger partial charge in [0.15, 0.2) is 0 Å². The van der Waals surface area contributed by atoms with Crippen LogP contribution in [0.2, 0.25) is 0 Å². The first kappa shape index (κ1) is 7.30. The molecule has 0 amide bonds. The first-order valence-corrected chi connectivity index (χ1v) is 2.70. The van der Waals surface area contributed by atoms with Crippen molar-refractivity contribution in [3.63, 3.8) is 0 Å². The van der Waals surface area contributed by atoms with Gasteiger partial charge in [-0.15, -0.1) is 6.42 Å². The van der Waals surface area contributed by atoms with Gasteiger partial charge in [0.05, 0.1) is 0 Å². The third-order valence-corrected chi connectivity index (χ3v) is 0.680. The second-order valence-electron chi connectivity index (χ2n) is 2.87. The standard InChI is InChI=1S/C8H12/c1-5-6-7-8(2,3)4/h1,6-7H,2-4H3/b7-6+. The largest absolute Gasteiger partial charge is 0.115 e. The Morgan fingerprint density at radius 1 is 1.38 bits per heavy atom. The van der Waals surface area contributed by atoms with Crippen LogP contribution in [0.5, 0.6) is 0 Å². The number of allylic oxidation sites excluding steroid dienone is 2. The minimum absolute atomic E-state index is 0.229. The predicted molar refractivity (Wildman–Crippen MR) is 37.4 cm³/mol. The first-order chi connectivity index (χ1) is 3.56. The summed E-state index contributed by atoms with van der Waals surface area (Å²) >= 11 is 0. The van der Waals surface area contributed by atoms with Crippen LogP contribution in [0.25, 0.3) is 0 Å². The van der Waals surface area contributed by atoms with E-state index in [2.05, 4.69) is 26.7 Å². The topological polar surface area (TPSA) is 0 Å². The van der Waals surface area contributed by atoms with E-state index in [0.29, 0.717) is 0 Å². The molecule has 0 unspecified atom stereocenters. The van der Waals surface area contributed by atoms with E-state index < -0.39 is 0 Å². The second kappa shape index (κ2) is 2.57. The van der Waals surface area contributed by atoms with Gasteiger partial charge in [0.1, 0.15) is 0 Å². The lowest BCUT2D eigenvalue weighted by atomic mass is 9.97. The molecule has 0 aromatic rings. The van der Waals surface area contributed by atoms with Crippen molar-refractivity contribution in [2.45, 2.75) is 20.8 Å². The van der Waals surface area contributed by atoms with E-state index in [-0.39, 0.29) is 5.41 Å². The maximum atomic E-state index is 5.00. The van der Waals surface area contributed by atoms with E-state index in [9.17, 15) is 0 Å². The van der Waals surface area contributed by atoms with Crippen molar-refractivity contribution in [2.24, 2.45) is 5.41 Å². The SMILES string of the molecule is C#C/C=C/C(C)(C)C. The summed E-state index contributed by atoms with van der Waals surface area (Å²) in [5.74, 6) is 2.44. The van der Waals surface area contributed by atoms with E-state index in [1.807, 2.05) is 6.08 Å². The molecule has 0 spiro atoms. The van der Waals surface area contributed by atoms with Crippen LogP contribution in [-0.4, -0.2) is 0 Å².